The van der Waals surface area contributed by atoms with Crippen LogP contribution in [-0.4, -0.2) is 12.6 Å². The van der Waals surface area contributed by atoms with Gasteiger partial charge in [0.1, 0.15) is 0 Å². The second-order valence-corrected chi connectivity index (χ2v) is 5.77. The van der Waals surface area contributed by atoms with Gasteiger partial charge in [-0.05, 0) is 30.9 Å². The molecule has 0 saturated carbocycles. The summed E-state index contributed by atoms with van der Waals surface area (Å²) in [4.78, 5) is 0. The molecule has 0 aliphatic heterocycles. The number of hydrogen-bond acceptors (Lipinski definition) is 1. The molecule has 0 bridgehead atoms. The summed E-state index contributed by atoms with van der Waals surface area (Å²) in [5, 5.41) is 3.51. The van der Waals surface area contributed by atoms with Crippen molar-refractivity contribution in [2.24, 2.45) is 5.92 Å². The third-order valence-electron chi connectivity index (χ3n) is 3.22. The van der Waals surface area contributed by atoms with E-state index in [1.54, 1.807) is 0 Å². The van der Waals surface area contributed by atoms with E-state index >= 15 is 0 Å². The van der Waals surface area contributed by atoms with E-state index in [0.29, 0.717) is 12.0 Å². The van der Waals surface area contributed by atoms with Crippen LogP contribution in [0.1, 0.15) is 44.4 Å². The monoisotopic (exact) mass is 245 g/mol. The highest BCUT2D eigenvalue weighted by Gasteiger charge is 2.05. The molecular formula is C17H27N. The summed E-state index contributed by atoms with van der Waals surface area (Å²) in [6.45, 7) is 14.2. The Morgan fingerprint density at radius 3 is 2.33 bits per heavy atom. The molecule has 0 radical (unpaired) electrons. The fraction of sp³-hybridized carbons (Fsp3) is 0.529. The molecular weight excluding hydrogens is 218 g/mol. The molecule has 0 saturated heterocycles. The molecule has 1 aromatic rings. The standard InChI is InChI=1S/C17H27N/c1-12(2)17(11-18-13(3)4)10-16-8-7-14(5)9-15(16)6/h7-10,12-13,18H,11H2,1-6H3. The first-order valence-corrected chi connectivity index (χ1v) is 6.91. The van der Waals surface area contributed by atoms with Gasteiger partial charge < -0.3 is 5.32 Å². The third-order valence-corrected chi connectivity index (χ3v) is 3.22. The fourth-order valence-corrected chi connectivity index (χ4v) is 1.93. The lowest BCUT2D eigenvalue weighted by atomic mass is 9.97. The molecule has 1 heteroatoms. The molecule has 1 rings (SSSR count). The van der Waals surface area contributed by atoms with E-state index in [1.807, 2.05) is 0 Å². The predicted molar refractivity (Wildman–Crippen MR) is 81.9 cm³/mol. The van der Waals surface area contributed by atoms with Crippen LogP contribution in [0.15, 0.2) is 23.8 Å². The second kappa shape index (κ2) is 6.75. The minimum Gasteiger partial charge on any atom is -0.311 e. The Kier molecular flexibility index (Phi) is 5.61. The molecule has 0 aliphatic rings. The van der Waals surface area contributed by atoms with E-state index in [9.17, 15) is 0 Å². The van der Waals surface area contributed by atoms with Crippen molar-refractivity contribution >= 4 is 6.08 Å². The molecule has 0 unspecified atom stereocenters. The van der Waals surface area contributed by atoms with Crippen LogP contribution in [0, 0.1) is 19.8 Å². The summed E-state index contributed by atoms with van der Waals surface area (Å²) < 4.78 is 0. The fourth-order valence-electron chi connectivity index (χ4n) is 1.93. The largest absolute Gasteiger partial charge is 0.311 e. The van der Waals surface area contributed by atoms with Crippen molar-refractivity contribution in [1.82, 2.24) is 5.32 Å². The zero-order chi connectivity index (χ0) is 13.7. The molecule has 0 atom stereocenters. The van der Waals surface area contributed by atoms with Crippen LogP contribution in [0.5, 0.6) is 0 Å². The Hall–Kier alpha value is -1.08. The molecule has 0 aliphatic carbocycles. The first-order valence-electron chi connectivity index (χ1n) is 6.91. The topological polar surface area (TPSA) is 12.0 Å². The lowest BCUT2D eigenvalue weighted by molar-refractivity contribution is 0.593. The Balaban J connectivity index is 2.93. The number of benzene rings is 1. The number of nitrogens with one attached hydrogen (secondary N) is 1. The van der Waals surface area contributed by atoms with Gasteiger partial charge in [0, 0.05) is 12.6 Å². The van der Waals surface area contributed by atoms with Crippen LogP contribution >= 0.6 is 0 Å². The summed E-state index contributed by atoms with van der Waals surface area (Å²) in [6, 6.07) is 7.20. The summed E-state index contributed by atoms with van der Waals surface area (Å²) in [6.07, 6.45) is 2.34. The first-order chi connectivity index (χ1) is 8.40. The van der Waals surface area contributed by atoms with E-state index in [0.717, 1.165) is 6.54 Å². The highest BCUT2D eigenvalue weighted by Crippen LogP contribution is 2.18. The molecule has 1 nitrogen and oxygen atoms in total. The van der Waals surface area contributed by atoms with Gasteiger partial charge in [-0.15, -0.1) is 0 Å². The Labute approximate surface area is 112 Å². The summed E-state index contributed by atoms with van der Waals surface area (Å²) in [7, 11) is 0. The van der Waals surface area contributed by atoms with Gasteiger partial charge in [-0.25, -0.2) is 0 Å². The maximum atomic E-state index is 3.51. The van der Waals surface area contributed by atoms with Crippen LogP contribution < -0.4 is 5.32 Å². The Morgan fingerprint density at radius 2 is 1.83 bits per heavy atom. The zero-order valence-electron chi connectivity index (χ0n) is 12.7. The van der Waals surface area contributed by atoms with E-state index in [4.69, 9.17) is 0 Å². The molecule has 0 aromatic heterocycles. The normalized spacial score (nSPS) is 12.6. The average molecular weight is 245 g/mol. The summed E-state index contributed by atoms with van der Waals surface area (Å²) >= 11 is 0. The minimum absolute atomic E-state index is 0.534. The van der Waals surface area contributed by atoms with Crippen LogP contribution in [-0.2, 0) is 0 Å². The van der Waals surface area contributed by atoms with Gasteiger partial charge in [-0.2, -0.15) is 0 Å². The first kappa shape index (κ1) is 15.0. The molecule has 18 heavy (non-hydrogen) atoms. The molecule has 100 valence electrons. The van der Waals surface area contributed by atoms with Crippen molar-refractivity contribution in [2.45, 2.75) is 47.6 Å². The van der Waals surface area contributed by atoms with Crippen LogP contribution in [0.2, 0.25) is 0 Å². The molecule has 1 aromatic carbocycles. The Bertz CT molecular complexity index is 414. The second-order valence-electron chi connectivity index (χ2n) is 5.77. The van der Waals surface area contributed by atoms with Gasteiger partial charge >= 0.3 is 0 Å². The molecule has 0 amide bonds. The third kappa shape index (κ3) is 4.66. The molecule has 1 N–H and O–H groups in total. The number of hydrogen-bond donors (Lipinski definition) is 1. The van der Waals surface area contributed by atoms with E-state index in [1.165, 1.54) is 22.3 Å². The van der Waals surface area contributed by atoms with Gasteiger partial charge in [-0.1, -0.05) is 63.1 Å². The quantitative estimate of drug-likeness (QED) is 0.813. The van der Waals surface area contributed by atoms with Crippen LogP contribution in [0.3, 0.4) is 0 Å². The zero-order valence-corrected chi connectivity index (χ0v) is 12.7. The smallest absolute Gasteiger partial charge is 0.0172 e. The van der Waals surface area contributed by atoms with Crippen molar-refractivity contribution in [2.75, 3.05) is 6.54 Å². The minimum atomic E-state index is 0.534. The number of aryl methyl sites for hydroxylation is 2. The predicted octanol–water partition coefficient (Wildman–Crippen LogP) is 4.34. The summed E-state index contributed by atoms with van der Waals surface area (Å²) in [5.41, 5.74) is 5.50. The van der Waals surface area contributed by atoms with Crippen molar-refractivity contribution in [3.8, 4) is 0 Å². The maximum Gasteiger partial charge on any atom is 0.0172 e. The summed E-state index contributed by atoms with van der Waals surface area (Å²) in [5.74, 6) is 0.581. The van der Waals surface area contributed by atoms with Gasteiger partial charge in [0.05, 0.1) is 0 Å². The highest BCUT2D eigenvalue weighted by atomic mass is 14.9. The lowest BCUT2D eigenvalue weighted by Crippen LogP contribution is -2.26. The average Bonchev–Trinajstić information content (AvgIpc) is 2.26. The maximum absolute atomic E-state index is 3.51. The molecule has 0 fully saturated rings. The van der Waals surface area contributed by atoms with Crippen LogP contribution in [0.25, 0.3) is 6.08 Å². The SMILES string of the molecule is Cc1ccc(C=C(CNC(C)C)C(C)C)c(C)c1. The van der Waals surface area contributed by atoms with Crippen molar-refractivity contribution in [3.63, 3.8) is 0 Å². The van der Waals surface area contributed by atoms with E-state index < -0.39 is 0 Å². The van der Waals surface area contributed by atoms with E-state index in [-0.39, 0.29) is 0 Å². The number of rotatable bonds is 5. The van der Waals surface area contributed by atoms with Crippen molar-refractivity contribution in [1.29, 1.82) is 0 Å². The van der Waals surface area contributed by atoms with Crippen LogP contribution in [0.4, 0.5) is 0 Å². The van der Waals surface area contributed by atoms with E-state index in [2.05, 4.69) is 71.1 Å². The van der Waals surface area contributed by atoms with Crippen molar-refractivity contribution < 1.29 is 0 Å². The molecule has 0 spiro atoms. The van der Waals surface area contributed by atoms with Crippen molar-refractivity contribution in [3.05, 3.63) is 40.5 Å². The highest BCUT2D eigenvalue weighted by molar-refractivity contribution is 5.57. The molecule has 0 heterocycles. The van der Waals surface area contributed by atoms with Gasteiger partial charge in [0.2, 0.25) is 0 Å². The lowest BCUT2D eigenvalue weighted by Gasteiger charge is -2.15. The van der Waals surface area contributed by atoms with Gasteiger partial charge in [-0.3, -0.25) is 0 Å². The van der Waals surface area contributed by atoms with Gasteiger partial charge in [0.25, 0.3) is 0 Å². The van der Waals surface area contributed by atoms with Gasteiger partial charge in [0.15, 0.2) is 0 Å². The Morgan fingerprint density at radius 1 is 1.17 bits per heavy atom.